The number of halogens is 2. The van der Waals surface area contributed by atoms with E-state index in [0.29, 0.717) is 44.3 Å². The second kappa shape index (κ2) is 12.1. The highest BCUT2D eigenvalue weighted by atomic mass is 127. The van der Waals surface area contributed by atoms with Crippen LogP contribution in [0.15, 0.2) is 65.6 Å². The normalized spacial score (nSPS) is 14.3. The molecule has 0 aliphatic carbocycles. The molecule has 1 heterocycles. The van der Waals surface area contributed by atoms with Crippen LogP contribution < -0.4 is 19.7 Å². The quantitative estimate of drug-likeness (QED) is 0.163. The number of hydrogen-bond donors (Lipinski definition) is 1. The second-order valence-electron chi connectivity index (χ2n) is 7.91. The van der Waals surface area contributed by atoms with Gasteiger partial charge in [-0.25, -0.2) is 4.39 Å². The molecule has 0 saturated carbocycles. The molecule has 0 aromatic heterocycles. The van der Waals surface area contributed by atoms with Crippen molar-refractivity contribution >= 4 is 80.2 Å². The first-order valence-corrected chi connectivity index (χ1v) is 13.6. The van der Waals surface area contributed by atoms with Gasteiger partial charge in [-0.15, -0.1) is 0 Å². The van der Waals surface area contributed by atoms with Crippen molar-refractivity contribution in [2.75, 3.05) is 23.9 Å². The van der Waals surface area contributed by atoms with Crippen molar-refractivity contribution in [3.05, 3.63) is 86.1 Å². The summed E-state index contributed by atoms with van der Waals surface area (Å²) >= 11 is 8.88. The lowest BCUT2D eigenvalue weighted by molar-refractivity contribution is -0.113. The van der Waals surface area contributed by atoms with Crippen molar-refractivity contribution in [2.45, 2.75) is 13.3 Å². The SMILES string of the molecule is CCCOc1c(I)cc(/C=C2/SC(=S)N(c3cccc(C(=O)Nc4ccc(F)cc4)c3)C2=O)cc1OC. The van der Waals surface area contributed by atoms with Gasteiger partial charge >= 0.3 is 0 Å². The zero-order chi connectivity index (χ0) is 26.5. The molecular formula is C27H22FIN2O4S2. The van der Waals surface area contributed by atoms with Crippen LogP contribution in [0.1, 0.15) is 29.3 Å². The van der Waals surface area contributed by atoms with Crippen LogP contribution in [0.5, 0.6) is 11.5 Å². The summed E-state index contributed by atoms with van der Waals surface area (Å²) in [7, 11) is 1.58. The number of benzene rings is 3. The monoisotopic (exact) mass is 648 g/mol. The molecule has 0 spiro atoms. The Morgan fingerprint density at radius 2 is 1.95 bits per heavy atom. The fourth-order valence-electron chi connectivity index (χ4n) is 3.53. The number of carbonyl (C=O) groups excluding carboxylic acids is 2. The molecular weight excluding hydrogens is 626 g/mol. The molecule has 190 valence electrons. The number of nitrogens with one attached hydrogen (secondary N) is 1. The van der Waals surface area contributed by atoms with Gasteiger partial charge in [-0.05, 0) is 95.2 Å². The maximum Gasteiger partial charge on any atom is 0.270 e. The van der Waals surface area contributed by atoms with E-state index in [1.165, 1.54) is 40.9 Å². The molecule has 0 atom stereocenters. The molecule has 3 aromatic carbocycles. The number of thioether (sulfide) groups is 1. The molecule has 4 rings (SSSR count). The van der Waals surface area contributed by atoms with Crippen molar-refractivity contribution < 1.29 is 23.5 Å². The maximum atomic E-state index is 13.3. The highest BCUT2D eigenvalue weighted by Gasteiger charge is 2.33. The Hall–Kier alpha value is -2.96. The van der Waals surface area contributed by atoms with E-state index in [1.54, 1.807) is 37.5 Å². The molecule has 0 radical (unpaired) electrons. The molecule has 1 fully saturated rings. The first-order chi connectivity index (χ1) is 17.8. The van der Waals surface area contributed by atoms with Crippen molar-refractivity contribution in [1.29, 1.82) is 0 Å². The van der Waals surface area contributed by atoms with E-state index in [9.17, 15) is 14.0 Å². The number of anilines is 2. The highest BCUT2D eigenvalue weighted by Crippen LogP contribution is 2.39. The van der Waals surface area contributed by atoms with E-state index in [1.807, 2.05) is 19.1 Å². The molecule has 0 unspecified atom stereocenters. The standard InChI is InChI=1S/C27H22FIN2O4S2/c1-3-11-35-24-21(29)12-16(13-22(24)34-2)14-23-26(33)31(27(36)37-23)20-6-4-5-17(15-20)25(32)30-19-9-7-18(28)8-10-19/h4-10,12-15H,3,11H2,1-2H3,(H,30,32)/b23-14+. The van der Waals surface area contributed by atoms with Crippen LogP contribution in [0.2, 0.25) is 0 Å². The fourth-order valence-corrected chi connectivity index (χ4v) is 5.61. The summed E-state index contributed by atoms with van der Waals surface area (Å²) in [4.78, 5) is 27.9. The Kier molecular flexibility index (Phi) is 8.83. The minimum absolute atomic E-state index is 0.286. The van der Waals surface area contributed by atoms with Crippen LogP contribution in [-0.4, -0.2) is 29.9 Å². The average molecular weight is 649 g/mol. The smallest absolute Gasteiger partial charge is 0.270 e. The number of ether oxygens (including phenoxy) is 2. The average Bonchev–Trinajstić information content (AvgIpc) is 3.16. The largest absolute Gasteiger partial charge is 0.493 e. The van der Waals surface area contributed by atoms with E-state index in [4.69, 9.17) is 21.7 Å². The van der Waals surface area contributed by atoms with Crippen molar-refractivity contribution in [3.8, 4) is 11.5 Å². The van der Waals surface area contributed by atoms with Crippen LogP contribution in [0.25, 0.3) is 6.08 Å². The van der Waals surface area contributed by atoms with Gasteiger partial charge in [-0.1, -0.05) is 37.0 Å². The summed E-state index contributed by atoms with van der Waals surface area (Å²) in [6.07, 6.45) is 2.64. The Morgan fingerprint density at radius 1 is 1.19 bits per heavy atom. The van der Waals surface area contributed by atoms with Crippen molar-refractivity contribution in [2.24, 2.45) is 0 Å². The van der Waals surface area contributed by atoms with E-state index in [2.05, 4.69) is 27.9 Å². The minimum atomic E-state index is -0.392. The number of thiocarbonyl (C=S) groups is 1. The summed E-state index contributed by atoms with van der Waals surface area (Å²) in [5.41, 5.74) is 2.05. The Bertz CT molecular complexity index is 1400. The topological polar surface area (TPSA) is 67.9 Å². The van der Waals surface area contributed by atoms with Gasteiger partial charge < -0.3 is 14.8 Å². The molecule has 6 nitrogen and oxygen atoms in total. The molecule has 0 bridgehead atoms. The first-order valence-electron chi connectivity index (χ1n) is 11.3. The zero-order valence-corrected chi connectivity index (χ0v) is 23.7. The van der Waals surface area contributed by atoms with Gasteiger partial charge in [-0.2, -0.15) is 0 Å². The molecule has 3 aromatic rings. The number of hydrogen-bond acceptors (Lipinski definition) is 6. The third-order valence-electron chi connectivity index (χ3n) is 5.26. The molecule has 1 aliphatic heterocycles. The Balaban J connectivity index is 1.56. The number of carbonyl (C=O) groups is 2. The third kappa shape index (κ3) is 6.31. The fraction of sp³-hybridized carbons (Fsp3) is 0.148. The van der Waals surface area contributed by atoms with Crippen LogP contribution in [-0.2, 0) is 4.79 Å². The number of amides is 2. The maximum absolute atomic E-state index is 13.3. The summed E-state index contributed by atoms with van der Waals surface area (Å²) in [5.74, 6) is 0.191. The Labute approximate surface area is 237 Å². The van der Waals surface area contributed by atoms with Gasteiger partial charge in [-0.3, -0.25) is 14.5 Å². The number of rotatable bonds is 8. The lowest BCUT2D eigenvalue weighted by Crippen LogP contribution is -2.27. The van der Waals surface area contributed by atoms with E-state index >= 15 is 0 Å². The second-order valence-corrected chi connectivity index (χ2v) is 10.7. The number of methoxy groups -OCH3 is 1. The van der Waals surface area contributed by atoms with Gasteiger partial charge in [0.25, 0.3) is 11.8 Å². The van der Waals surface area contributed by atoms with Crippen molar-refractivity contribution in [3.63, 3.8) is 0 Å². The summed E-state index contributed by atoms with van der Waals surface area (Å²) in [6.45, 7) is 2.61. The van der Waals surface area contributed by atoms with E-state index < -0.39 is 5.82 Å². The summed E-state index contributed by atoms with van der Waals surface area (Å²) in [5, 5.41) is 2.72. The molecule has 10 heteroatoms. The lowest BCUT2D eigenvalue weighted by atomic mass is 10.1. The Morgan fingerprint density at radius 3 is 2.65 bits per heavy atom. The molecule has 2 amide bonds. The zero-order valence-electron chi connectivity index (χ0n) is 19.9. The highest BCUT2D eigenvalue weighted by molar-refractivity contribution is 14.1. The van der Waals surface area contributed by atoms with Crippen LogP contribution >= 0.6 is 46.6 Å². The predicted octanol–water partition coefficient (Wildman–Crippen LogP) is 6.89. The van der Waals surface area contributed by atoms with Crippen molar-refractivity contribution in [1.82, 2.24) is 0 Å². The minimum Gasteiger partial charge on any atom is -0.493 e. The first kappa shape index (κ1) is 27.1. The van der Waals surface area contributed by atoms with Gasteiger partial charge in [0, 0.05) is 11.3 Å². The molecule has 1 N–H and O–H groups in total. The molecule has 1 aliphatic rings. The predicted molar refractivity (Wildman–Crippen MR) is 158 cm³/mol. The summed E-state index contributed by atoms with van der Waals surface area (Å²) < 4.78 is 25.7. The van der Waals surface area contributed by atoms with Gasteiger partial charge in [0.2, 0.25) is 0 Å². The van der Waals surface area contributed by atoms with Gasteiger partial charge in [0.1, 0.15) is 5.82 Å². The molecule has 1 saturated heterocycles. The van der Waals surface area contributed by atoms with Crippen LogP contribution in [0.4, 0.5) is 15.8 Å². The van der Waals surface area contributed by atoms with Gasteiger partial charge in [0.15, 0.2) is 15.8 Å². The van der Waals surface area contributed by atoms with Crippen LogP contribution in [0, 0.1) is 9.39 Å². The number of nitrogens with zero attached hydrogens (tertiary/aromatic N) is 1. The molecule has 37 heavy (non-hydrogen) atoms. The summed E-state index contributed by atoms with van der Waals surface area (Å²) in [6, 6.07) is 15.8. The van der Waals surface area contributed by atoms with Gasteiger partial charge in [0.05, 0.1) is 27.9 Å². The van der Waals surface area contributed by atoms with Crippen LogP contribution in [0.3, 0.4) is 0 Å². The van der Waals surface area contributed by atoms with E-state index in [0.717, 1.165) is 15.6 Å². The lowest BCUT2D eigenvalue weighted by Gasteiger charge is -2.15. The third-order valence-corrected chi connectivity index (χ3v) is 7.37. The van der Waals surface area contributed by atoms with E-state index in [-0.39, 0.29) is 11.8 Å².